The maximum absolute atomic E-state index is 10.6. The molecule has 0 aliphatic heterocycles. The molecule has 0 radical (unpaired) electrons. The second kappa shape index (κ2) is 4.18. The Morgan fingerprint density at radius 1 is 1.55 bits per heavy atom. The largest absolute Gasteiger partial charge is 0.337 e. The van der Waals surface area contributed by atoms with Gasteiger partial charge in [-0.3, -0.25) is 5.43 Å². The summed E-state index contributed by atoms with van der Waals surface area (Å²) in [5.41, 5.74) is 2.02. The molecule has 0 unspecified atom stereocenters. The molecule has 0 bridgehead atoms. The molecule has 64 valence electrons. The number of hydrogen-bond donors (Lipinski definition) is 3. The Kier molecular flexibility index (Phi) is 3.16. The van der Waals surface area contributed by atoms with Gasteiger partial charge in [0.1, 0.15) is 0 Å². The van der Waals surface area contributed by atoms with Crippen molar-refractivity contribution in [1.29, 1.82) is 0 Å². The average molecular weight is 157 g/mol. The summed E-state index contributed by atoms with van der Waals surface area (Å²) in [7, 11) is 0. The van der Waals surface area contributed by atoms with E-state index in [9.17, 15) is 4.79 Å². The summed E-state index contributed by atoms with van der Waals surface area (Å²) in [6.45, 7) is 0.744. The lowest BCUT2D eigenvalue weighted by molar-refractivity contribution is 0.237. The van der Waals surface area contributed by atoms with Crippen LogP contribution < -0.4 is 16.6 Å². The molecule has 1 rings (SSSR count). The second-order valence-electron chi connectivity index (χ2n) is 2.99. The zero-order chi connectivity index (χ0) is 8.10. The first-order valence-electron chi connectivity index (χ1n) is 4.07. The fourth-order valence-corrected chi connectivity index (χ4v) is 1.22. The number of nitrogens with one attached hydrogen (secondary N) is 2. The van der Waals surface area contributed by atoms with Gasteiger partial charge in [0, 0.05) is 6.54 Å². The van der Waals surface area contributed by atoms with Gasteiger partial charge in [-0.05, 0) is 12.3 Å². The van der Waals surface area contributed by atoms with Crippen LogP contribution in [0.15, 0.2) is 0 Å². The third kappa shape index (κ3) is 2.76. The molecule has 0 atom stereocenters. The highest BCUT2D eigenvalue weighted by Crippen LogP contribution is 2.28. The summed E-state index contributed by atoms with van der Waals surface area (Å²) in [5.74, 6) is 5.71. The summed E-state index contributed by atoms with van der Waals surface area (Å²) < 4.78 is 0. The van der Waals surface area contributed by atoms with Crippen LogP contribution >= 0.6 is 0 Å². The minimum absolute atomic E-state index is 0.288. The maximum atomic E-state index is 10.6. The first kappa shape index (κ1) is 8.33. The van der Waals surface area contributed by atoms with Crippen LogP contribution in [-0.2, 0) is 0 Å². The molecule has 1 aliphatic carbocycles. The van der Waals surface area contributed by atoms with Crippen molar-refractivity contribution >= 4 is 6.03 Å². The molecule has 0 aromatic heterocycles. The Morgan fingerprint density at radius 3 is 2.73 bits per heavy atom. The molecule has 4 heteroatoms. The number of hydrazine groups is 1. The fourth-order valence-electron chi connectivity index (χ4n) is 1.22. The standard InChI is InChI=1S/C7H15N3O/c8-10-7(11)9-5-4-6-2-1-3-6/h6H,1-5,8H2,(H2,9,10,11). The Balaban J connectivity index is 1.90. The van der Waals surface area contributed by atoms with E-state index in [4.69, 9.17) is 5.84 Å². The molecule has 1 saturated carbocycles. The van der Waals surface area contributed by atoms with Gasteiger partial charge in [0.05, 0.1) is 0 Å². The molecular weight excluding hydrogens is 142 g/mol. The van der Waals surface area contributed by atoms with Crippen molar-refractivity contribution < 1.29 is 4.79 Å². The van der Waals surface area contributed by atoms with E-state index < -0.39 is 0 Å². The van der Waals surface area contributed by atoms with E-state index in [-0.39, 0.29) is 6.03 Å². The van der Waals surface area contributed by atoms with Crippen LogP contribution in [0.25, 0.3) is 0 Å². The summed E-state index contributed by atoms with van der Waals surface area (Å²) in [5, 5.41) is 2.66. The lowest BCUT2D eigenvalue weighted by Gasteiger charge is -2.24. The van der Waals surface area contributed by atoms with E-state index in [1.54, 1.807) is 0 Å². The summed E-state index contributed by atoms with van der Waals surface area (Å²) >= 11 is 0. The van der Waals surface area contributed by atoms with Crippen LogP contribution in [0.4, 0.5) is 4.79 Å². The number of hydrogen-bond acceptors (Lipinski definition) is 2. The van der Waals surface area contributed by atoms with E-state index in [2.05, 4.69) is 5.32 Å². The van der Waals surface area contributed by atoms with Crippen molar-refractivity contribution in [2.45, 2.75) is 25.7 Å². The van der Waals surface area contributed by atoms with Crippen molar-refractivity contribution in [3.05, 3.63) is 0 Å². The maximum Gasteiger partial charge on any atom is 0.328 e. The zero-order valence-corrected chi connectivity index (χ0v) is 6.60. The fraction of sp³-hybridized carbons (Fsp3) is 0.857. The molecule has 0 saturated heterocycles. The van der Waals surface area contributed by atoms with Gasteiger partial charge in [0.25, 0.3) is 0 Å². The van der Waals surface area contributed by atoms with Crippen LogP contribution in [0.5, 0.6) is 0 Å². The lowest BCUT2D eigenvalue weighted by atomic mass is 9.83. The Hall–Kier alpha value is -0.770. The summed E-state index contributed by atoms with van der Waals surface area (Å²) in [4.78, 5) is 10.6. The topological polar surface area (TPSA) is 67.1 Å². The van der Waals surface area contributed by atoms with Gasteiger partial charge >= 0.3 is 6.03 Å². The van der Waals surface area contributed by atoms with Crippen molar-refractivity contribution in [2.24, 2.45) is 11.8 Å². The number of amides is 2. The number of urea groups is 1. The molecule has 11 heavy (non-hydrogen) atoms. The van der Waals surface area contributed by atoms with Crippen LogP contribution in [0.3, 0.4) is 0 Å². The van der Waals surface area contributed by atoms with E-state index in [1.807, 2.05) is 5.43 Å². The number of nitrogens with two attached hydrogens (primary N) is 1. The third-order valence-electron chi connectivity index (χ3n) is 2.19. The molecule has 4 nitrogen and oxygen atoms in total. The van der Waals surface area contributed by atoms with Crippen molar-refractivity contribution in [3.8, 4) is 0 Å². The van der Waals surface area contributed by atoms with Crippen LogP contribution in [-0.4, -0.2) is 12.6 Å². The Morgan fingerprint density at radius 2 is 2.27 bits per heavy atom. The molecule has 0 aromatic carbocycles. The number of carbonyl (C=O) groups is 1. The smallest absolute Gasteiger partial charge is 0.328 e. The molecule has 1 aliphatic rings. The lowest BCUT2D eigenvalue weighted by Crippen LogP contribution is -2.40. The Labute approximate surface area is 66.5 Å². The van der Waals surface area contributed by atoms with Gasteiger partial charge in [0.2, 0.25) is 0 Å². The third-order valence-corrected chi connectivity index (χ3v) is 2.19. The summed E-state index contributed by atoms with van der Waals surface area (Å²) in [6, 6.07) is -0.288. The van der Waals surface area contributed by atoms with Crippen LogP contribution in [0, 0.1) is 5.92 Å². The highest BCUT2D eigenvalue weighted by Gasteiger charge is 2.16. The number of rotatable bonds is 3. The van der Waals surface area contributed by atoms with Crippen LogP contribution in [0.1, 0.15) is 25.7 Å². The van der Waals surface area contributed by atoms with Gasteiger partial charge in [0.15, 0.2) is 0 Å². The normalized spacial score (nSPS) is 17.2. The summed E-state index contributed by atoms with van der Waals surface area (Å²) in [6.07, 6.45) is 5.10. The van der Waals surface area contributed by atoms with Crippen LogP contribution in [0.2, 0.25) is 0 Å². The highest BCUT2D eigenvalue weighted by molar-refractivity contribution is 5.72. The Bertz CT molecular complexity index is 134. The number of carbonyl (C=O) groups excluding carboxylic acids is 1. The van der Waals surface area contributed by atoms with Crippen molar-refractivity contribution in [2.75, 3.05) is 6.54 Å². The van der Waals surface area contributed by atoms with Gasteiger partial charge in [-0.1, -0.05) is 19.3 Å². The average Bonchev–Trinajstić information content (AvgIpc) is 1.94. The second-order valence-corrected chi connectivity index (χ2v) is 2.99. The molecule has 4 N–H and O–H groups in total. The molecule has 1 fully saturated rings. The van der Waals surface area contributed by atoms with E-state index >= 15 is 0 Å². The first-order chi connectivity index (χ1) is 5.33. The minimum Gasteiger partial charge on any atom is -0.337 e. The SMILES string of the molecule is NNC(=O)NCCC1CCC1. The molecule has 0 spiro atoms. The monoisotopic (exact) mass is 157 g/mol. The van der Waals surface area contributed by atoms with E-state index in [0.29, 0.717) is 0 Å². The first-order valence-corrected chi connectivity index (χ1v) is 4.07. The molecule has 2 amide bonds. The molecule has 0 aromatic rings. The van der Waals surface area contributed by atoms with Gasteiger partial charge < -0.3 is 5.32 Å². The van der Waals surface area contributed by atoms with E-state index in [1.165, 1.54) is 19.3 Å². The molecule has 0 heterocycles. The minimum atomic E-state index is -0.288. The van der Waals surface area contributed by atoms with E-state index in [0.717, 1.165) is 18.9 Å². The van der Waals surface area contributed by atoms with Crippen molar-refractivity contribution in [3.63, 3.8) is 0 Å². The highest BCUT2D eigenvalue weighted by atomic mass is 16.2. The molecular formula is C7H15N3O. The van der Waals surface area contributed by atoms with Crippen molar-refractivity contribution in [1.82, 2.24) is 10.7 Å². The quantitative estimate of drug-likeness (QED) is 0.314. The van der Waals surface area contributed by atoms with Gasteiger partial charge in [-0.25, -0.2) is 10.6 Å². The van der Waals surface area contributed by atoms with Gasteiger partial charge in [-0.2, -0.15) is 0 Å². The predicted octanol–water partition coefficient (Wildman–Crippen LogP) is 0.349. The van der Waals surface area contributed by atoms with Gasteiger partial charge in [-0.15, -0.1) is 0 Å². The zero-order valence-electron chi connectivity index (χ0n) is 6.60. The predicted molar refractivity (Wildman–Crippen MR) is 42.7 cm³/mol.